The molecule has 0 unspecified atom stereocenters. The van der Waals surface area contributed by atoms with Gasteiger partial charge >= 0.3 is 0 Å². The van der Waals surface area contributed by atoms with Gasteiger partial charge in [-0.1, -0.05) is 11.8 Å². The fourth-order valence-electron chi connectivity index (χ4n) is 0.903. The largest absolute Gasteiger partial charge is 0.330 e. The first kappa shape index (κ1) is 10.2. The Labute approximate surface area is 81.9 Å². The first-order valence-electron chi connectivity index (χ1n) is 4.17. The summed E-state index contributed by atoms with van der Waals surface area (Å²) in [6, 6.07) is 6.13. The van der Waals surface area contributed by atoms with E-state index < -0.39 is 4.92 Å². The summed E-state index contributed by atoms with van der Waals surface area (Å²) in [5.41, 5.74) is 6.11. The second-order valence-electron chi connectivity index (χ2n) is 2.64. The summed E-state index contributed by atoms with van der Waals surface area (Å²) in [5.74, 6) is 5.71. The highest BCUT2D eigenvalue weighted by atomic mass is 16.6. The van der Waals surface area contributed by atoms with Gasteiger partial charge in [-0.05, 0) is 12.1 Å². The lowest BCUT2D eigenvalue weighted by molar-refractivity contribution is -0.384. The van der Waals surface area contributed by atoms with Crippen LogP contribution in [0.4, 0.5) is 5.69 Å². The Morgan fingerprint density at radius 1 is 1.36 bits per heavy atom. The zero-order chi connectivity index (χ0) is 10.4. The summed E-state index contributed by atoms with van der Waals surface area (Å²) in [6.45, 7) is 0.528. The molecule has 0 radical (unpaired) electrons. The van der Waals surface area contributed by atoms with Gasteiger partial charge in [0.25, 0.3) is 5.69 Å². The average molecular weight is 190 g/mol. The highest BCUT2D eigenvalue weighted by Crippen LogP contribution is 2.10. The van der Waals surface area contributed by atoms with Crippen LogP contribution in [0, 0.1) is 22.0 Å². The highest BCUT2D eigenvalue weighted by Gasteiger charge is 2.01. The van der Waals surface area contributed by atoms with Crippen molar-refractivity contribution in [2.24, 2.45) is 5.73 Å². The number of nitro benzene ring substituents is 1. The van der Waals surface area contributed by atoms with Gasteiger partial charge in [0.2, 0.25) is 0 Å². The summed E-state index contributed by atoms with van der Waals surface area (Å²) in [7, 11) is 0. The molecular weight excluding hydrogens is 180 g/mol. The van der Waals surface area contributed by atoms with Gasteiger partial charge in [-0.3, -0.25) is 10.1 Å². The SMILES string of the molecule is NCCC#Cc1ccc([N+](=O)[O-])cc1. The topological polar surface area (TPSA) is 69.2 Å². The first-order valence-corrected chi connectivity index (χ1v) is 4.17. The third-order valence-corrected chi connectivity index (χ3v) is 1.58. The van der Waals surface area contributed by atoms with Crippen molar-refractivity contribution in [1.29, 1.82) is 0 Å². The molecule has 72 valence electrons. The van der Waals surface area contributed by atoms with Gasteiger partial charge in [0.1, 0.15) is 0 Å². The Kier molecular flexibility index (Phi) is 3.65. The van der Waals surface area contributed by atoms with E-state index in [2.05, 4.69) is 11.8 Å². The Morgan fingerprint density at radius 3 is 2.50 bits per heavy atom. The molecule has 0 aliphatic heterocycles. The van der Waals surface area contributed by atoms with Crippen LogP contribution in [0.5, 0.6) is 0 Å². The minimum atomic E-state index is -0.433. The van der Waals surface area contributed by atoms with Gasteiger partial charge in [0.15, 0.2) is 0 Å². The number of nitrogens with zero attached hydrogens (tertiary/aromatic N) is 1. The molecule has 1 aromatic carbocycles. The van der Waals surface area contributed by atoms with E-state index in [4.69, 9.17) is 5.73 Å². The molecule has 14 heavy (non-hydrogen) atoms. The van der Waals surface area contributed by atoms with Gasteiger partial charge in [0.05, 0.1) is 4.92 Å². The molecule has 0 fully saturated rings. The molecule has 1 aromatic rings. The van der Waals surface area contributed by atoms with Crippen LogP contribution in [0.3, 0.4) is 0 Å². The standard InChI is InChI=1S/C10H10N2O2/c11-8-2-1-3-9-4-6-10(7-5-9)12(13)14/h4-7H,2,8,11H2. The van der Waals surface area contributed by atoms with E-state index in [0.29, 0.717) is 13.0 Å². The molecule has 0 saturated heterocycles. The number of hydrogen-bond donors (Lipinski definition) is 1. The van der Waals surface area contributed by atoms with Crippen LogP contribution in [0.1, 0.15) is 12.0 Å². The molecule has 1 rings (SSSR count). The summed E-state index contributed by atoms with van der Waals surface area (Å²) >= 11 is 0. The van der Waals surface area contributed by atoms with Crippen LogP contribution in [0.15, 0.2) is 24.3 Å². The molecule has 0 saturated carbocycles. The third kappa shape index (κ3) is 2.88. The van der Waals surface area contributed by atoms with E-state index in [9.17, 15) is 10.1 Å². The van der Waals surface area contributed by atoms with Gasteiger partial charge in [0, 0.05) is 30.7 Å². The van der Waals surface area contributed by atoms with Crippen LogP contribution in [-0.2, 0) is 0 Å². The first-order chi connectivity index (χ1) is 6.74. The predicted octanol–water partition coefficient (Wildman–Crippen LogP) is 1.30. The van der Waals surface area contributed by atoms with Crippen molar-refractivity contribution >= 4 is 5.69 Å². The monoisotopic (exact) mass is 190 g/mol. The highest BCUT2D eigenvalue weighted by molar-refractivity contribution is 5.40. The maximum atomic E-state index is 10.3. The summed E-state index contributed by atoms with van der Waals surface area (Å²) in [4.78, 5) is 9.89. The zero-order valence-electron chi connectivity index (χ0n) is 7.56. The van der Waals surface area contributed by atoms with Crippen molar-refractivity contribution in [2.45, 2.75) is 6.42 Å². The smallest absolute Gasteiger partial charge is 0.269 e. The molecule has 0 aliphatic carbocycles. The minimum Gasteiger partial charge on any atom is -0.330 e. The molecule has 0 amide bonds. The quantitative estimate of drug-likeness (QED) is 0.434. The van der Waals surface area contributed by atoms with Crippen LogP contribution in [0.25, 0.3) is 0 Å². The molecule has 0 aromatic heterocycles. The lowest BCUT2D eigenvalue weighted by Gasteiger charge is -1.90. The number of non-ortho nitro benzene ring substituents is 1. The Bertz CT molecular complexity index is 373. The van der Waals surface area contributed by atoms with Crippen molar-refractivity contribution in [3.63, 3.8) is 0 Å². The van der Waals surface area contributed by atoms with E-state index in [0.717, 1.165) is 5.56 Å². The Hall–Kier alpha value is -1.86. The van der Waals surface area contributed by atoms with Crippen LogP contribution >= 0.6 is 0 Å². The van der Waals surface area contributed by atoms with Crippen molar-refractivity contribution in [2.75, 3.05) is 6.54 Å². The number of hydrogen-bond acceptors (Lipinski definition) is 3. The minimum absolute atomic E-state index is 0.0781. The molecule has 4 heteroatoms. The van der Waals surface area contributed by atoms with Crippen LogP contribution in [-0.4, -0.2) is 11.5 Å². The van der Waals surface area contributed by atoms with E-state index in [1.165, 1.54) is 12.1 Å². The van der Waals surface area contributed by atoms with Gasteiger partial charge in [-0.25, -0.2) is 0 Å². The van der Waals surface area contributed by atoms with Crippen molar-refractivity contribution in [3.8, 4) is 11.8 Å². The van der Waals surface area contributed by atoms with Crippen molar-refractivity contribution in [1.82, 2.24) is 0 Å². The number of rotatable bonds is 2. The zero-order valence-corrected chi connectivity index (χ0v) is 7.56. The van der Waals surface area contributed by atoms with Crippen molar-refractivity contribution < 1.29 is 4.92 Å². The van der Waals surface area contributed by atoms with Crippen LogP contribution < -0.4 is 5.73 Å². The van der Waals surface area contributed by atoms with E-state index in [1.807, 2.05) is 0 Å². The van der Waals surface area contributed by atoms with Gasteiger partial charge in [-0.2, -0.15) is 0 Å². The van der Waals surface area contributed by atoms with Crippen LogP contribution in [0.2, 0.25) is 0 Å². The average Bonchev–Trinajstić information content (AvgIpc) is 2.19. The molecular formula is C10H10N2O2. The van der Waals surface area contributed by atoms with E-state index in [-0.39, 0.29) is 5.69 Å². The summed E-state index contributed by atoms with van der Waals surface area (Å²) in [6.07, 6.45) is 0.636. The third-order valence-electron chi connectivity index (χ3n) is 1.58. The molecule has 2 N–H and O–H groups in total. The Balaban J connectivity index is 2.75. The van der Waals surface area contributed by atoms with E-state index in [1.54, 1.807) is 12.1 Å². The lowest BCUT2D eigenvalue weighted by atomic mass is 10.2. The molecule has 0 heterocycles. The predicted molar refractivity (Wildman–Crippen MR) is 53.6 cm³/mol. The van der Waals surface area contributed by atoms with Gasteiger partial charge in [-0.15, -0.1) is 0 Å². The second-order valence-corrected chi connectivity index (χ2v) is 2.64. The fourth-order valence-corrected chi connectivity index (χ4v) is 0.903. The number of benzene rings is 1. The Morgan fingerprint density at radius 2 is 2.00 bits per heavy atom. The molecule has 4 nitrogen and oxygen atoms in total. The van der Waals surface area contributed by atoms with Crippen molar-refractivity contribution in [3.05, 3.63) is 39.9 Å². The molecule has 0 bridgehead atoms. The maximum Gasteiger partial charge on any atom is 0.269 e. The number of nitro groups is 1. The molecule has 0 atom stereocenters. The molecule has 0 spiro atoms. The lowest BCUT2D eigenvalue weighted by Crippen LogP contribution is -1.95. The normalized spacial score (nSPS) is 8.93. The summed E-state index contributed by atoms with van der Waals surface area (Å²) in [5, 5.41) is 10.3. The maximum absolute atomic E-state index is 10.3. The number of nitrogens with two attached hydrogens (primary N) is 1. The van der Waals surface area contributed by atoms with Gasteiger partial charge < -0.3 is 5.73 Å². The van der Waals surface area contributed by atoms with E-state index >= 15 is 0 Å². The summed E-state index contributed by atoms with van der Waals surface area (Å²) < 4.78 is 0. The second kappa shape index (κ2) is 5.00. The fraction of sp³-hybridized carbons (Fsp3) is 0.200. The molecule has 0 aliphatic rings.